The van der Waals surface area contributed by atoms with Gasteiger partial charge in [0, 0.05) is 32.1 Å². The van der Waals surface area contributed by atoms with Gasteiger partial charge < -0.3 is 9.73 Å². The molecule has 5 nitrogen and oxygen atoms in total. The first-order valence-electron chi connectivity index (χ1n) is 5.41. The molecule has 1 aliphatic heterocycles. The van der Waals surface area contributed by atoms with Crippen molar-refractivity contribution in [2.24, 2.45) is 0 Å². The molecule has 1 saturated heterocycles. The van der Waals surface area contributed by atoms with Crippen molar-refractivity contribution in [1.82, 2.24) is 20.4 Å². The summed E-state index contributed by atoms with van der Waals surface area (Å²) in [5.74, 6) is 1.36. The first-order chi connectivity index (χ1) is 7.15. The van der Waals surface area contributed by atoms with Crippen molar-refractivity contribution in [3.63, 3.8) is 0 Å². The number of piperazine rings is 1. The molecular formula is C10H18N4O. The molecule has 2 rings (SSSR count). The van der Waals surface area contributed by atoms with E-state index in [0.717, 1.165) is 19.6 Å². The fourth-order valence-electron chi connectivity index (χ4n) is 1.89. The Morgan fingerprint density at radius 2 is 2.27 bits per heavy atom. The molecule has 1 aromatic heterocycles. The van der Waals surface area contributed by atoms with Gasteiger partial charge in [-0.15, -0.1) is 10.2 Å². The highest BCUT2D eigenvalue weighted by atomic mass is 16.4. The van der Waals surface area contributed by atoms with Gasteiger partial charge in [-0.05, 0) is 13.8 Å². The molecule has 5 heteroatoms. The van der Waals surface area contributed by atoms with Gasteiger partial charge in [-0.3, -0.25) is 4.90 Å². The molecule has 15 heavy (non-hydrogen) atoms. The number of rotatable bonds is 2. The molecule has 0 radical (unpaired) electrons. The van der Waals surface area contributed by atoms with E-state index in [4.69, 9.17) is 4.42 Å². The number of aromatic nitrogens is 2. The highest BCUT2D eigenvalue weighted by Crippen LogP contribution is 2.11. The molecule has 2 unspecified atom stereocenters. The number of hydrogen-bond acceptors (Lipinski definition) is 5. The summed E-state index contributed by atoms with van der Waals surface area (Å²) in [5.41, 5.74) is 0. The van der Waals surface area contributed by atoms with Gasteiger partial charge in [-0.25, -0.2) is 0 Å². The summed E-state index contributed by atoms with van der Waals surface area (Å²) in [6.07, 6.45) is 0. The van der Waals surface area contributed by atoms with Crippen LogP contribution in [0.15, 0.2) is 4.42 Å². The summed E-state index contributed by atoms with van der Waals surface area (Å²) >= 11 is 0. The van der Waals surface area contributed by atoms with E-state index in [0.29, 0.717) is 23.9 Å². The van der Waals surface area contributed by atoms with Gasteiger partial charge in [-0.1, -0.05) is 0 Å². The van der Waals surface area contributed by atoms with Gasteiger partial charge in [0.2, 0.25) is 11.8 Å². The lowest BCUT2D eigenvalue weighted by molar-refractivity contribution is 0.126. The van der Waals surface area contributed by atoms with E-state index in [1.54, 1.807) is 0 Å². The van der Waals surface area contributed by atoms with E-state index in [-0.39, 0.29) is 0 Å². The van der Waals surface area contributed by atoms with Crippen LogP contribution in [0.5, 0.6) is 0 Å². The molecule has 1 fully saturated rings. The topological polar surface area (TPSA) is 54.2 Å². The van der Waals surface area contributed by atoms with Crippen molar-refractivity contribution in [1.29, 1.82) is 0 Å². The average Bonchev–Trinajstić information content (AvgIpc) is 2.58. The van der Waals surface area contributed by atoms with Crippen molar-refractivity contribution in [3.05, 3.63) is 11.8 Å². The van der Waals surface area contributed by atoms with Crippen LogP contribution in [-0.2, 0) is 6.54 Å². The first-order valence-corrected chi connectivity index (χ1v) is 5.41. The van der Waals surface area contributed by atoms with Gasteiger partial charge in [0.1, 0.15) is 0 Å². The summed E-state index contributed by atoms with van der Waals surface area (Å²) in [7, 11) is 0. The zero-order valence-electron chi connectivity index (χ0n) is 9.53. The van der Waals surface area contributed by atoms with E-state index < -0.39 is 0 Å². The molecule has 1 N–H and O–H groups in total. The average molecular weight is 210 g/mol. The number of nitrogens with one attached hydrogen (secondary N) is 1. The van der Waals surface area contributed by atoms with Crippen LogP contribution in [-0.4, -0.2) is 40.3 Å². The Balaban J connectivity index is 1.98. The fourth-order valence-corrected chi connectivity index (χ4v) is 1.89. The van der Waals surface area contributed by atoms with Crippen LogP contribution < -0.4 is 5.32 Å². The van der Waals surface area contributed by atoms with E-state index in [1.165, 1.54) is 0 Å². The molecule has 1 aliphatic rings. The smallest absolute Gasteiger partial charge is 0.230 e. The highest BCUT2D eigenvalue weighted by molar-refractivity contribution is 4.86. The zero-order valence-corrected chi connectivity index (χ0v) is 9.53. The van der Waals surface area contributed by atoms with Crippen LogP contribution in [0.4, 0.5) is 0 Å². The summed E-state index contributed by atoms with van der Waals surface area (Å²) in [6.45, 7) is 9.03. The molecule has 0 aliphatic carbocycles. The van der Waals surface area contributed by atoms with Crippen LogP contribution >= 0.6 is 0 Å². The standard InChI is InChI=1S/C10H18N4O/c1-7-5-14(8(2)4-11-7)6-10-13-12-9(3)15-10/h7-8,11H,4-6H2,1-3H3. The minimum atomic E-state index is 0.522. The van der Waals surface area contributed by atoms with E-state index in [2.05, 4.69) is 34.3 Å². The Hall–Kier alpha value is -0.940. The Labute approximate surface area is 89.9 Å². The van der Waals surface area contributed by atoms with Crippen LogP contribution in [0, 0.1) is 6.92 Å². The van der Waals surface area contributed by atoms with Gasteiger partial charge in [0.25, 0.3) is 0 Å². The van der Waals surface area contributed by atoms with Crippen LogP contribution in [0.25, 0.3) is 0 Å². The quantitative estimate of drug-likeness (QED) is 0.773. The largest absolute Gasteiger partial charge is 0.424 e. The van der Waals surface area contributed by atoms with Gasteiger partial charge in [0.15, 0.2) is 0 Å². The normalized spacial score (nSPS) is 28.2. The first kappa shape index (κ1) is 10.6. The molecule has 0 amide bonds. The number of hydrogen-bond donors (Lipinski definition) is 1. The third-order valence-electron chi connectivity index (χ3n) is 2.80. The molecule has 2 atom stereocenters. The second-order valence-corrected chi connectivity index (χ2v) is 4.30. The lowest BCUT2D eigenvalue weighted by Gasteiger charge is -2.36. The van der Waals surface area contributed by atoms with Crippen molar-refractivity contribution in [2.45, 2.75) is 39.4 Å². The molecule has 84 valence electrons. The Kier molecular flexibility index (Phi) is 3.02. The Morgan fingerprint density at radius 1 is 1.47 bits per heavy atom. The molecule has 2 heterocycles. The Morgan fingerprint density at radius 3 is 2.93 bits per heavy atom. The SMILES string of the molecule is Cc1nnc(CN2CC(C)NCC2C)o1. The van der Waals surface area contributed by atoms with Crippen molar-refractivity contribution >= 4 is 0 Å². The number of aryl methyl sites for hydroxylation is 1. The van der Waals surface area contributed by atoms with E-state index in [1.807, 2.05) is 6.92 Å². The summed E-state index contributed by atoms with van der Waals surface area (Å²) in [4.78, 5) is 2.37. The molecule has 0 aromatic carbocycles. The maximum absolute atomic E-state index is 5.39. The van der Waals surface area contributed by atoms with Crippen molar-refractivity contribution < 1.29 is 4.42 Å². The lowest BCUT2D eigenvalue weighted by Crippen LogP contribution is -2.53. The monoisotopic (exact) mass is 210 g/mol. The van der Waals surface area contributed by atoms with Crippen LogP contribution in [0.2, 0.25) is 0 Å². The van der Waals surface area contributed by atoms with Gasteiger partial charge >= 0.3 is 0 Å². The fraction of sp³-hybridized carbons (Fsp3) is 0.800. The third kappa shape index (κ3) is 2.54. The molecule has 1 aromatic rings. The molecule has 0 spiro atoms. The van der Waals surface area contributed by atoms with Gasteiger partial charge in [-0.2, -0.15) is 0 Å². The van der Waals surface area contributed by atoms with Crippen LogP contribution in [0.3, 0.4) is 0 Å². The molecule has 0 saturated carbocycles. The van der Waals surface area contributed by atoms with Gasteiger partial charge in [0.05, 0.1) is 6.54 Å². The minimum Gasteiger partial charge on any atom is -0.424 e. The Bertz CT molecular complexity index is 325. The highest BCUT2D eigenvalue weighted by Gasteiger charge is 2.23. The summed E-state index contributed by atoms with van der Waals surface area (Å²) in [6, 6.07) is 1.05. The predicted molar refractivity (Wildman–Crippen MR) is 56.4 cm³/mol. The second kappa shape index (κ2) is 4.28. The second-order valence-electron chi connectivity index (χ2n) is 4.30. The van der Waals surface area contributed by atoms with Crippen molar-refractivity contribution in [3.8, 4) is 0 Å². The lowest BCUT2D eigenvalue weighted by atomic mass is 10.1. The van der Waals surface area contributed by atoms with E-state index >= 15 is 0 Å². The van der Waals surface area contributed by atoms with Crippen molar-refractivity contribution in [2.75, 3.05) is 13.1 Å². The summed E-state index contributed by atoms with van der Waals surface area (Å²) in [5, 5.41) is 11.3. The minimum absolute atomic E-state index is 0.522. The van der Waals surface area contributed by atoms with Crippen LogP contribution in [0.1, 0.15) is 25.6 Å². The molecular weight excluding hydrogens is 192 g/mol. The summed E-state index contributed by atoms with van der Waals surface area (Å²) < 4.78 is 5.39. The van der Waals surface area contributed by atoms with E-state index in [9.17, 15) is 0 Å². The predicted octanol–water partition coefficient (Wildman–Crippen LogP) is 0.560. The number of nitrogens with zero attached hydrogens (tertiary/aromatic N) is 3. The zero-order chi connectivity index (χ0) is 10.8. The molecule has 0 bridgehead atoms. The maximum atomic E-state index is 5.39. The maximum Gasteiger partial charge on any atom is 0.230 e. The third-order valence-corrected chi connectivity index (χ3v) is 2.80.